The van der Waals surface area contributed by atoms with Gasteiger partial charge in [-0.1, -0.05) is 23.4 Å². The summed E-state index contributed by atoms with van der Waals surface area (Å²) < 4.78 is 41.3. The van der Waals surface area contributed by atoms with Crippen molar-refractivity contribution in [3.8, 4) is 5.19 Å². The van der Waals surface area contributed by atoms with Gasteiger partial charge < -0.3 is 10.1 Å². The van der Waals surface area contributed by atoms with Crippen molar-refractivity contribution in [3.63, 3.8) is 0 Å². The summed E-state index contributed by atoms with van der Waals surface area (Å²) in [6.07, 6.45) is -3.68. The van der Waals surface area contributed by atoms with Gasteiger partial charge in [-0.25, -0.2) is 0 Å². The molecule has 1 heterocycles. The van der Waals surface area contributed by atoms with E-state index < -0.39 is 11.2 Å². The summed E-state index contributed by atoms with van der Waals surface area (Å²) in [5.41, 5.74) is 0. The standard InChI is InChI=1S/C7H8F3N3OS2/c1-2-3-11-5(15)14-6-13-12-4(16-6)7(8,9)10/h2-3H2,1H3,(H,11,15). The Labute approximate surface area is 98.8 Å². The highest BCUT2D eigenvalue weighted by molar-refractivity contribution is 7.80. The van der Waals surface area contributed by atoms with Gasteiger partial charge in [0, 0.05) is 6.54 Å². The van der Waals surface area contributed by atoms with E-state index in [1.54, 1.807) is 0 Å². The van der Waals surface area contributed by atoms with E-state index in [0.717, 1.165) is 6.42 Å². The van der Waals surface area contributed by atoms with Crippen LogP contribution in [0, 0.1) is 0 Å². The summed E-state index contributed by atoms with van der Waals surface area (Å²) in [4.78, 5) is 0. The number of alkyl halides is 3. The molecule has 1 N–H and O–H groups in total. The van der Waals surface area contributed by atoms with Gasteiger partial charge in [-0.05, 0) is 18.6 Å². The molecule has 0 aliphatic rings. The maximum Gasteiger partial charge on any atom is 0.445 e. The molecular weight excluding hydrogens is 263 g/mol. The molecule has 0 aliphatic heterocycles. The number of hydrogen-bond acceptors (Lipinski definition) is 5. The largest absolute Gasteiger partial charge is 0.445 e. The summed E-state index contributed by atoms with van der Waals surface area (Å²) in [5.74, 6) is 0. The minimum absolute atomic E-state index is 0.00766. The highest BCUT2D eigenvalue weighted by Crippen LogP contribution is 2.33. The summed E-state index contributed by atoms with van der Waals surface area (Å²) in [6, 6.07) is 0. The van der Waals surface area contributed by atoms with Gasteiger partial charge >= 0.3 is 11.4 Å². The number of rotatable bonds is 3. The lowest BCUT2D eigenvalue weighted by Gasteiger charge is -2.04. The molecule has 0 aliphatic carbocycles. The van der Waals surface area contributed by atoms with E-state index in [2.05, 4.69) is 15.5 Å². The van der Waals surface area contributed by atoms with E-state index >= 15 is 0 Å². The molecule has 0 aromatic carbocycles. The van der Waals surface area contributed by atoms with Gasteiger partial charge in [-0.15, -0.1) is 5.10 Å². The minimum Gasteiger partial charge on any atom is -0.403 e. The Bertz CT molecular complexity index is 366. The molecule has 1 aromatic heterocycles. The molecule has 1 rings (SSSR count). The zero-order valence-corrected chi connectivity index (χ0v) is 9.80. The van der Waals surface area contributed by atoms with Gasteiger partial charge in [-0.2, -0.15) is 13.2 Å². The number of thiocarbonyl (C=S) groups is 1. The number of nitrogens with one attached hydrogen (secondary N) is 1. The topological polar surface area (TPSA) is 47.0 Å². The first-order valence-electron chi connectivity index (χ1n) is 4.30. The first-order valence-corrected chi connectivity index (χ1v) is 5.52. The molecule has 0 fully saturated rings. The third-order valence-electron chi connectivity index (χ3n) is 1.35. The lowest BCUT2D eigenvalue weighted by atomic mass is 10.5. The number of aromatic nitrogens is 2. The van der Waals surface area contributed by atoms with Crippen molar-refractivity contribution in [2.45, 2.75) is 19.5 Å². The second-order valence-corrected chi connectivity index (χ2v) is 4.00. The van der Waals surface area contributed by atoms with Crippen molar-refractivity contribution in [1.82, 2.24) is 15.5 Å². The van der Waals surface area contributed by atoms with E-state index in [0.29, 0.717) is 17.9 Å². The fourth-order valence-electron chi connectivity index (χ4n) is 0.708. The van der Waals surface area contributed by atoms with E-state index in [1.807, 2.05) is 6.92 Å². The van der Waals surface area contributed by atoms with Crippen LogP contribution >= 0.6 is 23.6 Å². The smallest absolute Gasteiger partial charge is 0.403 e. The minimum atomic E-state index is -4.50. The van der Waals surface area contributed by atoms with Crippen LogP contribution in [0.3, 0.4) is 0 Å². The zero-order valence-electron chi connectivity index (χ0n) is 8.17. The predicted molar refractivity (Wildman–Crippen MR) is 56.4 cm³/mol. The normalized spacial score (nSPS) is 11.2. The molecule has 0 saturated carbocycles. The highest BCUT2D eigenvalue weighted by Gasteiger charge is 2.36. The van der Waals surface area contributed by atoms with E-state index in [-0.39, 0.29) is 10.4 Å². The molecule has 16 heavy (non-hydrogen) atoms. The first kappa shape index (κ1) is 13.1. The molecule has 0 radical (unpaired) electrons. The van der Waals surface area contributed by atoms with Crippen molar-refractivity contribution in [2.75, 3.05) is 6.54 Å². The fraction of sp³-hybridized carbons (Fsp3) is 0.571. The molecule has 0 bridgehead atoms. The lowest BCUT2D eigenvalue weighted by Crippen LogP contribution is -2.26. The molecule has 0 atom stereocenters. The maximum absolute atomic E-state index is 12.1. The van der Waals surface area contributed by atoms with Crippen LogP contribution in [0.5, 0.6) is 5.19 Å². The summed E-state index contributed by atoms with van der Waals surface area (Å²) in [6.45, 7) is 2.51. The lowest BCUT2D eigenvalue weighted by molar-refractivity contribution is -0.138. The molecule has 1 aromatic rings. The van der Waals surface area contributed by atoms with Gasteiger partial charge in [-0.3, -0.25) is 0 Å². The Kier molecular flexibility index (Phi) is 4.42. The molecule has 90 valence electrons. The van der Waals surface area contributed by atoms with E-state index in [9.17, 15) is 13.2 Å². The van der Waals surface area contributed by atoms with Gasteiger partial charge in [0.15, 0.2) is 0 Å². The number of halogens is 3. The van der Waals surface area contributed by atoms with Crippen molar-refractivity contribution >= 4 is 28.7 Å². The first-order chi connectivity index (χ1) is 7.43. The second-order valence-electron chi connectivity index (χ2n) is 2.69. The Balaban J connectivity index is 2.56. The second kappa shape index (κ2) is 5.39. The molecule has 0 amide bonds. The van der Waals surface area contributed by atoms with Crippen molar-refractivity contribution < 1.29 is 17.9 Å². The number of nitrogens with zero attached hydrogens (tertiary/aromatic N) is 2. The van der Waals surface area contributed by atoms with Crippen LogP contribution in [-0.2, 0) is 6.18 Å². The average molecular weight is 271 g/mol. The molecule has 4 nitrogen and oxygen atoms in total. The van der Waals surface area contributed by atoms with Gasteiger partial charge in [0.25, 0.3) is 5.17 Å². The Morgan fingerprint density at radius 3 is 2.69 bits per heavy atom. The van der Waals surface area contributed by atoms with Crippen LogP contribution in [-0.4, -0.2) is 21.9 Å². The number of hydrogen-bond donors (Lipinski definition) is 1. The van der Waals surface area contributed by atoms with Gasteiger partial charge in [0.05, 0.1) is 0 Å². The Morgan fingerprint density at radius 2 is 2.19 bits per heavy atom. The SMILES string of the molecule is CCCNC(=S)Oc1nnc(C(F)(F)F)s1. The van der Waals surface area contributed by atoms with Crippen LogP contribution in [0.4, 0.5) is 13.2 Å². The molecular formula is C7H8F3N3OS2. The fourth-order valence-corrected chi connectivity index (χ4v) is 1.51. The molecule has 9 heteroatoms. The summed E-state index contributed by atoms with van der Waals surface area (Å²) in [7, 11) is 0. The van der Waals surface area contributed by atoms with Gasteiger partial charge in [0.2, 0.25) is 5.01 Å². The third-order valence-corrected chi connectivity index (χ3v) is 2.42. The quantitative estimate of drug-likeness (QED) is 0.854. The maximum atomic E-state index is 12.1. The Morgan fingerprint density at radius 1 is 1.50 bits per heavy atom. The predicted octanol–water partition coefficient (Wildman–Crippen LogP) is 2.22. The van der Waals surface area contributed by atoms with Crippen LogP contribution in [0.25, 0.3) is 0 Å². The van der Waals surface area contributed by atoms with Crippen molar-refractivity contribution in [1.29, 1.82) is 0 Å². The van der Waals surface area contributed by atoms with Crippen LogP contribution in [0.1, 0.15) is 18.4 Å². The van der Waals surface area contributed by atoms with Crippen molar-refractivity contribution in [3.05, 3.63) is 5.01 Å². The summed E-state index contributed by atoms with van der Waals surface area (Å²) >= 11 is 5.03. The monoisotopic (exact) mass is 271 g/mol. The average Bonchev–Trinajstić information content (AvgIpc) is 2.62. The molecule has 0 unspecified atom stereocenters. The molecule has 0 saturated heterocycles. The van der Waals surface area contributed by atoms with E-state index in [4.69, 9.17) is 17.0 Å². The number of ether oxygens (including phenoxy) is 1. The Hall–Kier alpha value is -0.960. The summed E-state index contributed by atoms with van der Waals surface area (Å²) in [5, 5.41) is 7.59. The van der Waals surface area contributed by atoms with Crippen LogP contribution in [0.2, 0.25) is 0 Å². The van der Waals surface area contributed by atoms with E-state index in [1.165, 1.54) is 0 Å². The van der Waals surface area contributed by atoms with Crippen molar-refractivity contribution in [2.24, 2.45) is 0 Å². The van der Waals surface area contributed by atoms with Crippen LogP contribution in [0.15, 0.2) is 0 Å². The molecule has 0 spiro atoms. The highest BCUT2D eigenvalue weighted by atomic mass is 32.1. The zero-order chi connectivity index (χ0) is 12.2. The van der Waals surface area contributed by atoms with Gasteiger partial charge in [0.1, 0.15) is 0 Å². The van der Waals surface area contributed by atoms with Crippen LogP contribution < -0.4 is 10.1 Å². The third kappa shape index (κ3) is 3.89.